The van der Waals surface area contributed by atoms with Gasteiger partial charge in [0.2, 0.25) is 0 Å². The van der Waals surface area contributed by atoms with Gasteiger partial charge < -0.3 is 24.9 Å². The van der Waals surface area contributed by atoms with Crippen LogP contribution in [0.3, 0.4) is 0 Å². The number of hydrogen-bond acceptors (Lipinski definition) is 6. The number of phenolic OH excluding ortho intramolecular Hbond substituents is 2. The van der Waals surface area contributed by atoms with Gasteiger partial charge in [0.25, 0.3) is 0 Å². The zero-order chi connectivity index (χ0) is 17.3. The van der Waals surface area contributed by atoms with Gasteiger partial charge in [-0.25, -0.2) is 9.97 Å². The molecule has 0 amide bonds. The molecule has 3 rings (SSSR count). The lowest BCUT2D eigenvalue weighted by atomic mass is 9.94. The number of hydrogen-bond donors (Lipinski definition) is 4. The summed E-state index contributed by atoms with van der Waals surface area (Å²) in [6, 6.07) is 2.86. The van der Waals surface area contributed by atoms with Crippen molar-refractivity contribution in [2.24, 2.45) is 5.92 Å². The maximum absolute atomic E-state index is 11.0. The molecule has 2 heterocycles. The third-order valence-electron chi connectivity index (χ3n) is 4.45. The first-order valence-corrected chi connectivity index (χ1v) is 9.59. The van der Waals surface area contributed by atoms with Crippen molar-refractivity contribution in [3.05, 3.63) is 18.5 Å². The van der Waals surface area contributed by atoms with Crippen molar-refractivity contribution in [3.63, 3.8) is 0 Å². The molecule has 1 saturated heterocycles. The molecule has 4 N–H and O–H groups in total. The molecule has 9 heteroatoms. The number of rotatable bonds is 4. The summed E-state index contributed by atoms with van der Waals surface area (Å²) in [5.41, 5.74) is 0.555. The molecule has 1 aliphatic heterocycles. The second kappa shape index (κ2) is 6.55. The Morgan fingerprint density at radius 1 is 1.12 bits per heavy atom. The largest absolute Gasteiger partial charge is 0.504 e. The molecule has 2 aromatic rings. The van der Waals surface area contributed by atoms with Crippen molar-refractivity contribution in [1.82, 2.24) is 9.97 Å². The van der Waals surface area contributed by atoms with E-state index in [1.807, 2.05) is 0 Å². The molecule has 0 aliphatic carbocycles. The van der Waals surface area contributed by atoms with Crippen LogP contribution in [0.5, 0.6) is 11.5 Å². The van der Waals surface area contributed by atoms with Crippen LogP contribution in [0.15, 0.2) is 18.5 Å². The third kappa shape index (κ3) is 3.77. The number of benzene rings is 1. The number of fused-ring (bicyclic) bond motifs is 1. The van der Waals surface area contributed by atoms with E-state index in [4.69, 9.17) is 9.79 Å². The van der Waals surface area contributed by atoms with Gasteiger partial charge in [-0.05, 0) is 31.2 Å². The van der Waals surface area contributed by atoms with Crippen LogP contribution in [0.25, 0.3) is 10.9 Å². The van der Waals surface area contributed by atoms with Gasteiger partial charge in [-0.1, -0.05) is 0 Å². The van der Waals surface area contributed by atoms with Crippen LogP contribution >= 0.6 is 7.60 Å². The molecule has 1 fully saturated rings. The molecule has 0 bridgehead atoms. The summed E-state index contributed by atoms with van der Waals surface area (Å²) in [4.78, 5) is 28.5. The molecule has 0 radical (unpaired) electrons. The summed E-state index contributed by atoms with van der Waals surface area (Å²) in [7, 11) is -3.93. The van der Waals surface area contributed by atoms with E-state index < -0.39 is 7.60 Å². The molecule has 0 spiro atoms. The van der Waals surface area contributed by atoms with Gasteiger partial charge in [-0.2, -0.15) is 0 Å². The summed E-state index contributed by atoms with van der Waals surface area (Å²) < 4.78 is 11.0. The maximum Gasteiger partial charge on any atom is 0.325 e. The van der Waals surface area contributed by atoms with Crippen molar-refractivity contribution < 1.29 is 24.6 Å². The number of phenols is 2. The smallest absolute Gasteiger partial charge is 0.325 e. The Morgan fingerprint density at radius 3 is 2.46 bits per heavy atom. The van der Waals surface area contributed by atoms with Crippen LogP contribution in [0.2, 0.25) is 0 Å². The van der Waals surface area contributed by atoms with Crippen molar-refractivity contribution in [2.45, 2.75) is 19.3 Å². The maximum atomic E-state index is 11.0. The first kappa shape index (κ1) is 17.0. The van der Waals surface area contributed by atoms with Crippen molar-refractivity contribution in [3.8, 4) is 11.5 Å². The average molecular weight is 353 g/mol. The van der Waals surface area contributed by atoms with Crippen LogP contribution < -0.4 is 4.90 Å². The van der Waals surface area contributed by atoms with E-state index in [9.17, 15) is 14.8 Å². The molecular formula is C15H20N3O5P. The Hall–Kier alpha value is -1.89. The molecule has 0 unspecified atom stereocenters. The highest BCUT2D eigenvalue weighted by molar-refractivity contribution is 7.51. The summed E-state index contributed by atoms with van der Waals surface area (Å²) >= 11 is 0. The highest BCUT2D eigenvalue weighted by Gasteiger charge is 2.24. The molecule has 24 heavy (non-hydrogen) atoms. The van der Waals surface area contributed by atoms with Crippen LogP contribution in [0.1, 0.15) is 19.3 Å². The minimum atomic E-state index is -3.93. The van der Waals surface area contributed by atoms with Gasteiger partial charge in [0.1, 0.15) is 12.1 Å². The Bertz CT molecular complexity index is 786. The van der Waals surface area contributed by atoms with Gasteiger partial charge in [-0.15, -0.1) is 0 Å². The molecule has 8 nitrogen and oxygen atoms in total. The summed E-state index contributed by atoms with van der Waals surface area (Å²) in [5, 5.41) is 20.0. The Balaban J connectivity index is 1.74. The normalized spacial score (nSPS) is 16.7. The van der Waals surface area contributed by atoms with Crippen molar-refractivity contribution in [2.75, 3.05) is 24.2 Å². The average Bonchev–Trinajstić information content (AvgIpc) is 2.53. The van der Waals surface area contributed by atoms with E-state index in [2.05, 4.69) is 14.9 Å². The quantitative estimate of drug-likeness (QED) is 0.484. The fourth-order valence-electron chi connectivity index (χ4n) is 3.10. The third-order valence-corrected chi connectivity index (χ3v) is 5.29. The summed E-state index contributed by atoms with van der Waals surface area (Å²) in [6.07, 6.45) is 3.54. The fourth-order valence-corrected chi connectivity index (χ4v) is 3.80. The van der Waals surface area contributed by atoms with Gasteiger partial charge in [0.05, 0.1) is 11.7 Å². The van der Waals surface area contributed by atoms with E-state index in [0.29, 0.717) is 29.1 Å². The van der Waals surface area contributed by atoms with Gasteiger partial charge in [-0.3, -0.25) is 4.57 Å². The molecule has 0 atom stereocenters. The number of piperidine rings is 1. The first-order valence-electron chi connectivity index (χ1n) is 7.80. The SMILES string of the molecule is O=P(O)(O)CCC1CCN(c2ncnc3cc(O)c(O)cc23)CC1. The number of nitrogens with zero attached hydrogens (tertiary/aromatic N) is 3. The Morgan fingerprint density at radius 2 is 1.79 bits per heavy atom. The number of aromatic hydroxyl groups is 2. The Kier molecular flexibility index (Phi) is 4.62. The number of anilines is 1. The van der Waals surface area contributed by atoms with Gasteiger partial charge in [0, 0.05) is 24.5 Å². The highest BCUT2D eigenvalue weighted by atomic mass is 31.2. The second-order valence-corrected chi connectivity index (χ2v) is 7.94. The molecule has 130 valence electrons. The van der Waals surface area contributed by atoms with E-state index in [0.717, 1.165) is 25.9 Å². The second-order valence-electron chi connectivity index (χ2n) is 6.16. The van der Waals surface area contributed by atoms with Crippen LogP contribution in [0.4, 0.5) is 5.82 Å². The van der Waals surface area contributed by atoms with E-state index in [1.54, 1.807) is 0 Å². The van der Waals surface area contributed by atoms with Gasteiger partial charge >= 0.3 is 7.60 Å². The molecule has 1 aliphatic rings. The fraction of sp³-hybridized carbons (Fsp3) is 0.467. The van der Waals surface area contributed by atoms with E-state index in [1.165, 1.54) is 18.5 Å². The van der Waals surface area contributed by atoms with Gasteiger partial charge in [0.15, 0.2) is 11.5 Å². The van der Waals surface area contributed by atoms with E-state index in [-0.39, 0.29) is 17.7 Å². The lowest BCUT2D eigenvalue weighted by molar-refractivity contribution is 0.350. The predicted molar refractivity (Wildman–Crippen MR) is 89.3 cm³/mol. The minimum absolute atomic E-state index is 0.0682. The van der Waals surface area contributed by atoms with Crippen molar-refractivity contribution >= 4 is 24.3 Å². The summed E-state index contributed by atoms with van der Waals surface area (Å²) in [5.74, 6) is 0.557. The zero-order valence-corrected chi connectivity index (χ0v) is 13.9. The molecular weight excluding hydrogens is 333 g/mol. The lowest BCUT2D eigenvalue weighted by Crippen LogP contribution is -2.34. The van der Waals surface area contributed by atoms with Crippen molar-refractivity contribution in [1.29, 1.82) is 0 Å². The summed E-state index contributed by atoms with van der Waals surface area (Å²) in [6.45, 7) is 1.44. The minimum Gasteiger partial charge on any atom is -0.504 e. The van der Waals surface area contributed by atoms with Crippen LogP contribution in [-0.2, 0) is 4.57 Å². The number of aromatic nitrogens is 2. The molecule has 0 saturated carbocycles. The Labute approximate surface area is 139 Å². The molecule has 1 aromatic carbocycles. The highest BCUT2D eigenvalue weighted by Crippen LogP contribution is 2.38. The lowest BCUT2D eigenvalue weighted by Gasteiger charge is -2.33. The standard InChI is InChI=1S/C15H20N3O5P/c19-13-7-11-12(8-14(13)20)16-9-17-15(11)18-4-1-10(2-5-18)3-6-24(21,22)23/h7-10,19-20H,1-6H2,(H2,21,22,23). The van der Waals surface area contributed by atoms with Crippen LogP contribution in [0, 0.1) is 5.92 Å². The topological polar surface area (TPSA) is 127 Å². The first-order chi connectivity index (χ1) is 11.3. The zero-order valence-electron chi connectivity index (χ0n) is 13.0. The van der Waals surface area contributed by atoms with E-state index >= 15 is 0 Å². The predicted octanol–water partition coefficient (Wildman–Crippen LogP) is 1.83. The monoisotopic (exact) mass is 353 g/mol. The van der Waals surface area contributed by atoms with Crippen LogP contribution in [-0.4, -0.2) is 49.2 Å². The molecule has 1 aromatic heterocycles.